The molecule has 1 rings (SSSR count). The van der Waals surface area contributed by atoms with E-state index in [2.05, 4.69) is 10.6 Å². The predicted molar refractivity (Wildman–Crippen MR) is 71.0 cm³/mol. The van der Waals surface area contributed by atoms with Crippen LogP contribution in [0.25, 0.3) is 0 Å². The minimum Gasteiger partial charge on any atom is -0.481 e. The molecule has 0 aliphatic heterocycles. The van der Waals surface area contributed by atoms with Crippen LogP contribution in [-0.2, 0) is 9.53 Å². The molecule has 0 radical (unpaired) electrons. The number of carbonyl (C=O) groups excluding carboxylic acids is 1. The standard InChI is InChI=1S/C13H24N2O4/c1-3-5-10(8-19-2)15-12(18)14-9-13(11(16)17)6-4-7-13/h10H,3-9H2,1-2H3,(H,16,17)(H2,14,15,18). The van der Waals surface area contributed by atoms with Gasteiger partial charge in [-0.1, -0.05) is 19.8 Å². The van der Waals surface area contributed by atoms with E-state index in [0.29, 0.717) is 19.4 Å². The minimum atomic E-state index is -0.818. The molecule has 1 aliphatic carbocycles. The molecule has 1 atom stereocenters. The van der Waals surface area contributed by atoms with E-state index in [1.54, 1.807) is 7.11 Å². The van der Waals surface area contributed by atoms with Gasteiger partial charge in [-0.15, -0.1) is 0 Å². The van der Waals surface area contributed by atoms with Crippen molar-refractivity contribution < 1.29 is 19.4 Å². The van der Waals surface area contributed by atoms with Crippen LogP contribution in [0.1, 0.15) is 39.0 Å². The first-order valence-corrected chi connectivity index (χ1v) is 6.81. The number of carboxylic acid groups (broad SMARTS) is 1. The average Bonchev–Trinajstić information content (AvgIpc) is 2.27. The Bertz CT molecular complexity index is 310. The SMILES string of the molecule is CCCC(COC)NC(=O)NCC1(C(=O)O)CCC1. The van der Waals surface area contributed by atoms with Crippen LogP contribution in [0.15, 0.2) is 0 Å². The smallest absolute Gasteiger partial charge is 0.315 e. The van der Waals surface area contributed by atoms with Gasteiger partial charge >= 0.3 is 12.0 Å². The number of ether oxygens (including phenoxy) is 1. The monoisotopic (exact) mass is 272 g/mol. The first kappa shape index (κ1) is 15.8. The predicted octanol–water partition coefficient (Wildman–Crippen LogP) is 1.36. The van der Waals surface area contributed by atoms with Crippen molar-refractivity contribution in [3.63, 3.8) is 0 Å². The summed E-state index contributed by atoms with van der Waals surface area (Å²) in [6.45, 7) is 2.70. The Labute approximate surface area is 113 Å². The number of amides is 2. The minimum absolute atomic E-state index is 0.0304. The molecule has 2 amide bonds. The second-order valence-corrected chi connectivity index (χ2v) is 5.21. The Morgan fingerprint density at radius 3 is 2.53 bits per heavy atom. The van der Waals surface area contributed by atoms with E-state index in [1.165, 1.54) is 0 Å². The van der Waals surface area contributed by atoms with E-state index in [4.69, 9.17) is 9.84 Å². The maximum Gasteiger partial charge on any atom is 0.315 e. The molecule has 0 saturated heterocycles. The number of urea groups is 1. The van der Waals surface area contributed by atoms with E-state index in [0.717, 1.165) is 19.3 Å². The second kappa shape index (κ2) is 7.33. The molecule has 1 saturated carbocycles. The quantitative estimate of drug-likeness (QED) is 0.622. The van der Waals surface area contributed by atoms with Crippen LogP contribution in [0.2, 0.25) is 0 Å². The summed E-state index contributed by atoms with van der Waals surface area (Å²) in [6, 6.07) is -0.347. The Morgan fingerprint density at radius 2 is 2.11 bits per heavy atom. The number of hydrogen-bond donors (Lipinski definition) is 3. The van der Waals surface area contributed by atoms with Gasteiger partial charge in [0.2, 0.25) is 0 Å². The molecule has 19 heavy (non-hydrogen) atoms. The van der Waals surface area contributed by atoms with Gasteiger partial charge in [-0.05, 0) is 19.3 Å². The molecule has 3 N–H and O–H groups in total. The summed E-state index contributed by atoms with van der Waals surface area (Å²) in [5, 5.41) is 14.6. The zero-order valence-electron chi connectivity index (χ0n) is 11.7. The Kier molecular flexibility index (Phi) is 6.08. The van der Waals surface area contributed by atoms with E-state index in [1.807, 2.05) is 6.92 Å². The van der Waals surface area contributed by atoms with Crippen LogP contribution in [0.5, 0.6) is 0 Å². The van der Waals surface area contributed by atoms with Gasteiger partial charge in [0.15, 0.2) is 0 Å². The van der Waals surface area contributed by atoms with Gasteiger partial charge in [0.05, 0.1) is 18.1 Å². The average molecular weight is 272 g/mol. The number of nitrogens with one attached hydrogen (secondary N) is 2. The van der Waals surface area contributed by atoms with Crippen molar-refractivity contribution in [3.05, 3.63) is 0 Å². The van der Waals surface area contributed by atoms with Crippen molar-refractivity contribution in [2.45, 2.75) is 45.1 Å². The summed E-state index contributed by atoms with van der Waals surface area (Å²) in [5.74, 6) is -0.818. The number of hydrogen-bond acceptors (Lipinski definition) is 3. The molecule has 1 unspecified atom stereocenters. The van der Waals surface area contributed by atoms with Crippen LogP contribution in [-0.4, -0.2) is 43.4 Å². The third kappa shape index (κ3) is 4.38. The topological polar surface area (TPSA) is 87.7 Å². The molecule has 0 aromatic rings. The van der Waals surface area contributed by atoms with Crippen molar-refractivity contribution in [2.24, 2.45) is 5.41 Å². The van der Waals surface area contributed by atoms with Crippen LogP contribution in [0.4, 0.5) is 4.79 Å². The number of rotatable bonds is 8. The highest BCUT2D eigenvalue weighted by Gasteiger charge is 2.44. The lowest BCUT2D eigenvalue weighted by atomic mass is 9.69. The van der Waals surface area contributed by atoms with Gasteiger partial charge in [0, 0.05) is 13.7 Å². The number of aliphatic carboxylic acids is 1. The summed E-state index contributed by atoms with van der Waals surface area (Å²) in [7, 11) is 1.59. The van der Waals surface area contributed by atoms with Gasteiger partial charge < -0.3 is 20.5 Å². The molecule has 0 spiro atoms. The van der Waals surface area contributed by atoms with E-state index >= 15 is 0 Å². The molecule has 0 bridgehead atoms. The van der Waals surface area contributed by atoms with Crippen LogP contribution < -0.4 is 10.6 Å². The summed E-state index contributed by atoms with van der Waals surface area (Å²) < 4.78 is 5.04. The molecule has 1 aliphatic rings. The highest BCUT2D eigenvalue weighted by atomic mass is 16.5. The van der Waals surface area contributed by atoms with Gasteiger partial charge in [-0.25, -0.2) is 4.79 Å². The lowest BCUT2D eigenvalue weighted by Crippen LogP contribution is -2.51. The lowest BCUT2D eigenvalue weighted by molar-refractivity contribution is -0.153. The molecule has 110 valence electrons. The number of carboxylic acids is 1. The van der Waals surface area contributed by atoms with Gasteiger partial charge in [0.1, 0.15) is 0 Å². The van der Waals surface area contributed by atoms with Gasteiger partial charge in [-0.2, -0.15) is 0 Å². The fourth-order valence-corrected chi connectivity index (χ4v) is 2.30. The van der Waals surface area contributed by atoms with Crippen LogP contribution in [0.3, 0.4) is 0 Å². The fraction of sp³-hybridized carbons (Fsp3) is 0.846. The zero-order chi connectivity index (χ0) is 14.3. The Hall–Kier alpha value is -1.30. The highest BCUT2D eigenvalue weighted by molar-refractivity contribution is 5.78. The first-order valence-electron chi connectivity index (χ1n) is 6.81. The Balaban J connectivity index is 2.35. The summed E-state index contributed by atoms with van der Waals surface area (Å²) in [4.78, 5) is 22.9. The molecular formula is C13H24N2O4. The number of carbonyl (C=O) groups is 2. The van der Waals surface area contributed by atoms with E-state index < -0.39 is 11.4 Å². The van der Waals surface area contributed by atoms with Crippen molar-refractivity contribution >= 4 is 12.0 Å². The third-order valence-corrected chi connectivity index (χ3v) is 3.69. The Morgan fingerprint density at radius 1 is 1.42 bits per heavy atom. The second-order valence-electron chi connectivity index (χ2n) is 5.21. The maximum absolute atomic E-state index is 11.7. The van der Waals surface area contributed by atoms with Crippen LogP contribution >= 0.6 is 0 Å². The molecule has 6 heteroatoms. The molecule has 1 fully saturated rings. The molecule has 0 aromatic heterocycles. The van der Waals surface area contributed by atoms with Crippen molar-refractivity contribution in [2.75, 3.05) is 20.3 Å². The molecule has 0 aromatic carbocycles. The largest absolute Gasteiger partial charge is 0.481 e. The molecule has 0 heterocycles. The van der Waals surface area contributed by atoms with Crippen molar-refractivity contribution in [3.8, 4) is 0 Å². The summed E-state index contributed by atoms with van der Waals surface area (Å²) >= 11 is 0. The van der Waals surface area contributed by atoms with E-state index in [9.17, 15) is 9.59 Å². The molecular weight excluding hydrogens is 248 g/mol. The maximum atomic E-state index is 11.7. The summed E-state index contributed by atoms with van der Waals surface area (Å²) in [6.07, 6.45) is 3.98. The van der Waals surface area contributed by atoms with E-state index in [-0.39, 0.29) is 18.6 Å². The van der Waals surface area contributed by atoms with Crippen LogP contribution in [0, 0.1) is 5.41 Å². The van der Waals surface area contributed by atoms with Gasteiger partial charge in [-0.3, -0.25) is 4.79 Å². The summed E-state index contributed by atoms with van der Waals surface area (Å²) in [5.41, 5.74) is -0.751. The highest BCUT2D eigenvalue weighted by Crippen LogP contribution is 2.40. The fourth-order valence-electron chi connectivity index (χ4n) is 2.30. The van der Waals surface area contributed by atoms with Crippen molar-refractivity contribution in [1.82, 2.24) is 10.6 Å². The van der Waals surface area contributed by atoms with Gasteiger partial charge in [0.25, 0.3) is 0 Å². The number of methoxy groups -OCH3 is 1. The third-order valence-electron chi connectivity index (χ3n) is 3.69. The lowest BCUT2D eigenvalue weighted by Gasteiger charge is -2.37. The normalized spacial score (nSPS) is 18.2. The molecule has 6 nitrogen and oxygen atoms in total. The van der Waals surface area contributed by atoms with Crippen molar-refractivity contribution in [1.29, 1.82) is 0 Å². The first-order chi connectivity index (χ1) is 9.04. The zero-order valence-corrected chi connectivity index (χ0v) is 11.7.